The van der Waals surface area contributed by atoms with Crippen LogP contribution >= 0.6 is 39.0 Å². The van der Waals surface area contributed by atoms with Crippen molar-refractivity contribution in [3.63, 3.8) is 0 Å². The molecule has 0 aromatic carbocycles. The molecule has 0 bridgehead atoms. The molecular weight excluding hydrogens is 292 g/mol. The minimum atomic E-state index is 0.339. The van der Waals surface area contributed by atoms with E-state index in [1.54, 1.807) is 11.3 Å². The molecule has 0 saturated heterocycles. The predicted molar refractivity (Wildman–Crippen MR) is 74.8 cm³/mol. The molecule has 0 radical (unpaired) electrons. The summed E-state index contributed by atoms with van der Waals surface area (Å²) >= 11 is 7.20. The van der Waals surface area contributed by atoms with E-state index in [1.807, 2.05) is 11.8 Å². The van der Waals surface area contributed by atoms with E-state index in [4.69, 9.17) is 5.73 Å². The zero-order valence-corrected chi connectivity index (χ0v) is 12.3. The Labute approximate surface area is 108 Å². The number of nitrogens with two attached hydrogens (primary N) is 1. The van der Waals surface area contributed by atoms with E-state index in [-0.39, 0.29) is 0 Å². The van der Waals surface area contributed by atoms with Crippen LogP contribution in [0.1, 0.15) is 10.9 Å². The van der Waals surface area contributed by atoms with E-state index in [9.17, 15) is 0 Å². The van der Waals surface area contributed by atoms with Crippen LogP contribution in [0.15, 0.2) is 15.9 Å². The van der Waals surface area contributed by atoms with E-state index in [1.165, 1.54) is 9.35 Å². The first-order chi connectivity index (χ1) is 7.20. The maximum atomic E-state index is 5.84. The third-order valence-corrected chi connectivity index (χ3v) is 4.91. The molecule has 1 unspecified atom stereocenters. The molecule has 1 aromatic heterocycles. The van der Waals surface area contributed by atoms with Gasteiger partial charge in [-0.25, -0.2) is 0 Å². The molecule has 1 heterocycles. The van der Waals surface area contributed by atoms with Crippen molar-refractivity contribution in [2.75, 3.05) is 32.1 Å². The number of thioether (sulfide) groups is 1. The number of hydrogen-bond donors (Lipinski definition) is 1. The largest absolute Gasteiger partial charge is 0.329 e. The zero-order chi connectivity index (χ0) is 11.3. The zero-order valence-electron chi connectivity index (χ0n) is 9.07. The first-order valence-corrected chi connectivity index (χ1v) is 7.89. The Balaban J connectivity index is 2.67. The number of nitrogens with zero attached hydrogens (tertiary/aromatic N) is 1. The van der Waals surface area contributed by atoms with Gasteiger partial charge in [-0.2, -0.15) is 11.8 Å². The lowest BCUT2D eigenvalue weighted by atomic mass is 10.2. The average molecular weight is 309 g/mol. The van der Waals surface area contributed by atoms with Gasteiger partial charge in [-0.1, -0.05) is 0 Å². The van der Waals surface area contributed by atoms with Gasteiger partial charge in [0.1, 0.15) is 0 Å². The van der Waals surface area contributed by atoms with Crippen molar-refractivity contribution >= 4 is 39.0 Å². The van der Waals surface area contributed by atoms with Crippen LogP contribution in [0.4, 0.5) is 0 Å². The van der Waals surface area contributed by atoms with Gasteiger partial charge in [-0.05, 0) is 40.7 Å². The molecule has 0 aliphatic rings. The van der Waals surface area contributed by atoms with Crippen molar-refractivity contribution in [3.8, 4) is 0 Å². The average Bonchev–Trinajstić information content (AvgIpc) is 2.63. The van der Waals surface area contributed by atoms with Crippen LogP contribution in [0.2, 0.25) is 0 Å². The molecule has 15 heavy (non-hydrogen) atoms. The van der Waals surface area contributed by atoms with Gasteiger partial charge >= 0.3 is 0 Å². The van der Waals surface area contributed by atoms with Crippen LogP contribution in [0.5, 0.6) is 0 Å². The second kappa shape index (κ2) is 6.91. The van der Waals surface area contributed by atoms with Gasteiger partial charge in [0.05, 0.1) is 6.04 Å². The highest BCUT2D eigenvalue weighted by atomic mass is 79.9. The molecule has 0 amide bonds. The van der Waals surface area contributed by atoms with Crippen molar-refractivity contribution in [2.24, 2.45) is 5.73 Å². The Morgan fingerprint density at radius 1 is 1.67 bits per heavy atom. The van der Waals surface area contributed by atoms with E-state index in [0.29, 0.717) is 12.6 Å². The molecule has 1 aromatic rings. The molecule has 0 spiro atoms. The minimum absolute atomic E-state index is 0.339. The summed E-state index contributed by atoms with van der Waals surface area (Å²) in [5, 5.41) is 2.10. The van der Waals surface area contributed by atoms with E-state index >= 15 is 0 Å². The van der Waals surface area contributed by atoms with Crippen LogP contribution in [0, 0.1) is 0 Å². The van der Waals surface area contributed by atoms with Crippen molar-refractivity contribution in [2.45, 2.75) is 6.04 Å². The molecule has 1 atom stereocenters. The van der Waals surface area contributed by atoms with Crippen molar-refractivity contribution in [3.05, 3.63) is 20.8 Å². The number of rotatable bonds is 6. The smallest absolute Gasteiger partial charge is 0.0573 e. The highest BCUT2D eigenvalue weighted by Gasteiger charge is 2.18. The van der Waals surface area contributed by atoms with Gasteiger partial charge in [-0.3, -0.25) is 4.90 Å². The van der Waals surface area contributed by atoms with E-state index in [2.05, 4.69) is 45.6 Å². The van der Waals surface area contributed by atoms with Crippen LogP contribution in [-0.4, -0.2) is 37.0 Å². The lowest BCUT2D eigenvalue weighted by Crippen LogP contribution is -2.31. The number of thiophene rings is 1. The van der Waals surface area contributed by atoms with Gasteiger partial charge in [0, 0.05) is 28.2 Å². The summed E-state index contributed by atoms with van der Waals surface area (Å²) in [7, 11) is 2.14. The topological polar surface area (TPSA) is 29.3 Å². The molecule has 86 valence electrons. The Morgan fingerprint density at radius 2 is 2.40 bits per heavy atom. The maximum absolute atomic E-state index is 5.84. The minimum Gasteiger partial charge on any atom is -0.329 e. The Hall–Kier alpha value is 0.450. The molecule has 2 N–H and O–H groups in total. The second-order valence-electron chi connectivity index (χ2n) is 3.36. The van der Waals surface area contributed by atoms with Crippen molar-refractivity contribution < 1.29 is 0 Å². The first-order valence-electron chi connectivity index (χ1n) is 4.82. The molecule has 2 nitrogen and oxygen atoms in total. The monoisotopic (exact) mass is 308 g/mol. The van der Waals surface area contributed by atoms with E-state index in [0.717, 1.165) is 12.3 Å². The Kier molecular flexibility index (Phi) is 6.23. The lowest BCUT2D eigenvalue weighted by molar-refractivity contribution is 0.268. The van der Waals surface area contributed by atoms with Gasteiger partial charge in [0.25, 0.3) is 0 Å². The summed E-state index contributed by atoms with van der Waals surface area (Å²) in [6.45, 7) is 1.75. The Morgan fingerprint density at radius 3 is 2.87 bits per heavy atom. The SMILES string of the molecule is CSCCN(C)C(CN)c1sccc1Br. The standard InChI is InChI=1S/C10H17BrN2S2/c1-13(4-6-14-2)9(7-12)10-8(11)3-5-15-10/h3,5,9H,4,6-7,12H2,1-2H3. The summed E-state index contributed by atoms with van der Waals surface area (Å²) in [5.74, 6) is 1.15. The van der Waals surface area contributed by atoms with Crippen LogP contribution in [0.3, 0.4) is 0 Å². The molecule has 0 fully saturated rings. The molecule has 0 aliphatic carbocycles. The molecule has 5 heteroatoms. The third kappa shape index (κ3) is 3.75. The summed E-state index contributed by atoms with van der Waals surface area (Å²) < 4.78 is 1.18. The van der Waals surface area contributed by atoms with Gasteiger partial charge in [-0.15, -0.1) is 11.3 Å². The maximum Gasteiger partial charge on any atom is 0.0573 e. The summed E-state index contributed by atoms with van der Waals surface area (Å²) in [4.78, 5) is 3.66. The number of hydrogen-bond acceptors (Lipinski definition) is 4. The molecular formula is C10H17BrN2S2. The van der Waals surface area contributed by atoms with Crippen LogP contribution in [0.25, 0.3) is 0 Å². The van der Waals surface area contributed by atoms with E-state index < -0.39 is 0 Å². The Bertz CT molecular complexity index is 291. The highest BCUT2D eigenvalue weighted by Crippen LogP contribution is 2.31. The summed E-state index contributed by atoms with van der Waals surface area (Å²) in [6.07, 6.45) is 2.13. The first kappa shape index (κ1) is 13.5. The number of likely N-dealkylation sites (N-methyl/N-ethyl adjacent to an activating group) is 1. The fourth-order valence-corrected chi connectivity index (χ4v) is 3.71. The fraction of sp³-hybridized carbons (Fsp3) is 0.600. The van der Waals surface area contributed by atoms with Gasteiger partial charge in [0.15, 0.2) is 0 Å². The predicted octanol–water partition coefficient (Wildman–Crippen LogP) is 2.81. The third-order valence-electron chi connectivity index (χ3n) is 2.35. The summed E-state index contributed by atoms with van der Waals surface area (Å²) in [5.41, 5.74) is 5.84. The lowest BCUT2D eigenvalue weighted by Gasteiger charge is -2.26. The molecule has 0 saturated carbocycles. The van der Waals surface area contributed by atoms with Crippen LogP contribution in [-0.2, 0) is 0 Å². The second-order valence-corrected chi connectivity index (χ2v) is 6.15. The molecule has 1 rings (SSSR count). The van der Waals surface area contributed by atoms with Crippen molar-refractivity contribution in [1.29, 1.82) is 0 Å². The van der Waals surface area contributed by atoms with Gasteiger partial charge in [0.2, 0.25) is 0 Å². The summed E-state index contributed by atoms with van der Waals surface area (Å²) in [6, 6.07) is 2.43. The molecule has 0 aliphatic heterocycles. The van der Waals surface area contributed by atoms with Crippen molar-refractivity contribution in [1.82, 2.24) is 4.90 Å². The number of halogens is 1. The van der Waals surface area contributed by atoms with Gasteiger partial charge < -0.3 is 5.73 Å². The normalized spacial score (nSPS) is 13.4. The highest BCUT2D eigenvalue weighted by molar-refractivity contribution is 9.10. The fourth-order valence-electron chi connectivity index (χ4n) is 1.42. The van der Waals surface area contributed by atoms with Crippen LogP contribution < -0.4 is 5.73 Å². The quantitative estimate of drug-likeness (QED) is 0.876.